The van der Waals surface area contributed by atoms with Crippen LogP contribution in [-0.2, 0) is 33.4 Å². The summed E-state index contributed by atoms with van der Waals surface area (Å²) in [5, 5.41) is 30.8. The molecule has 3 aromatic rings. The molecule has 0 radical (unpaired) electrons. The van der Waals surface area contributed by atoms with Crippen molar-refractivity contribution in [3.8, 4) is 0 Å². The Bertz CT molecular complexity index is 2230. The third-order valence-corrected chi connectivity index (χ3v) is 11.9. The second-order valence-corrected chi connectivity index (χ2v) is 15.1. The monoisotopic (exact) mass is 770 g/mol. The van der Waals surface area contributed by atoms with Crippen molar-refractivity contribution in [1.82, 2.24) is 15.3 Å². The van der Waals surface area contributed by atoms with Crippen molar-refractivity contribution in [3.63, 3.8) is 0 Å². The third-order valence-electron chi connectivity index (χ3n) is 11.9. The van der Waals surface area contributed by atoms with E-state index in [1.807, 2.05) is 4.90 Å². The number of carbonyl (C=O) groups is 4. The largest absolute Gasteiger partial charge is 0.504 e. The number of anilines is 2. The number of aliphatic hydroxyl groups is 1. The number of unbranched alkanes of at least 4 members (excludes halogenated alkanes) is 1. The van der Waals surface area contributed by atoms with Crippen LogP contribution in [0.1, 0.15) is 52.4 Å². The minimum atomic E-state index is -1.39. The Balaban J connectivity index is 1.18. The zero-order valence-corrected chi connectivity index (χ0v) is 31.6. The fourth-order valence-corrected chi connectivity index (χ4v) is 8.98. The molecule has 3 aliphatic carbocycles. The summed E-state index contributed by atoms with van der Waals surface area (Å²) in [7, 11) is 4.94. The third kappa shape index (κ3) is 6.19. The van der Waals surface area contributed by atoms with Crippen LogP contribution in [0.4, 0.5) is 17.1 Å². The first-order valence-electron chi connectivity index (χ1n) is 18.3. The number of nitrogens with zero attached hydrogens (tertiary/aromatic N) is 6. The molecule has 2 fully saturated rings. The fraction of sp³-hybridized carbons (Fsp3) is 0.462. The van der Waals surface area contributed by atoms with Crippen LogP contribution < -0.4 is 9.80 Å². The van der Waals surface area contributed by atoms with Crippen molar-refractivity contribution in [2.45, 2.75) is 64.6 Å². The van der Waals surface area contributed by atoms with Crippen LogP contribution in [0.2, 0.25) is 0 Å². The average molecular weight is 771 g/mol. The van der Waals surface area contributed by atoms with Crippen molar-refractivity contribution in [2.24, 2.45) is 16.7 Å². The predicted molar refractivity (Wildman–Crippen MR) is 198 cm³/mol. The van der Waals surface area contributed by atoms with Gasteiger partial charge in [-0.05, 0) is 60.3 Å². The Labute approximate surface area is 321 Å². The second-order valence-electron chi connectivity index (χ2n) is 15.1. The maximum atomic E-state index is 14.5. The van der Waals surface area contributed by atoms with Crippen molar-refractivity contribution >= 4 is 51.6 Å². The number of Topliss-reactive ketones (excluding diaryl/α,β-unsaturated/α-hetero) is 2. The number of carbonyl (C=O) groups excluding carboxylic acids is 4. The predicted octanol–water partition coefficient (Wildman–Crippen LogP) is 4.72. The van der Waals surface area contributed by atoms with E-state index in [2.05, 4.69) is 15.3 Å². The maximum Gasteiger partial charge on any atom is 0.340 e. The first-order valence-corrected chi connectivity index (χ1v) is 18.3. The molecule has 7 rings (SSSR count). The van der Waals surface area contributed by atoms with Gasteiger partial charge >= 0.3 is 17.6 Å². The fourth-order valence-electron chi connectivity index (χ4n) is 8.98. The molecule has 1 saturated carbocycles. The number of methoxy groups -OCH3 is 1. The Morgan fingerprint density at radius 2 is 1.84 bits per heavy atom. The number of ether oxygens (including phenoxy) is 3. The lowest BCUT2D eigenvalue weighted by molar-refractivity contribution is -0.383. The molecule has 1 aromatic carbocycles. The summed E-state index contributed by atoms with van der Waals surface area (Å²) in [5.41, 5.74) is -0.526. The number of hydrogen-bond donors (Lipinski definition) is 1. The summed E-state index contributed by atoms with van der Waals surface area (Å²) in [6.45, 7) is 3.89. The van der Waals surface area contributed by atoms with Gasteiger partial charge in [0.2, 0.25) is 11.3 Å². The minimum absolute atomic E-state index is 0.000790. The minimum Gasteiger partial charge on any atom is -0.504 e. The number of cyclic esters (lactones) is 1. The number of pyridine rings is 1. The summed E-state index contributed by atoms with van der Waals surface area (Å²) in [6.07, 6.45) is 4.20. The van der Waals surface area contributed by atoms with Gasteiger partial charge in [-0.25, -0.2) is 9.42 Å². The molecule has 1 N–H and O–H groups in total. The van der Waals surface area contributed by atoms with E-state index in [9.17, 15) is 34.4 Å². The smallest absolute Gasteiger partial charge is 0.340 e. The Morgan fingerprint density at radius 3 is 2.55 bits per heavy atom. The molecule has 5 unspecified atom stereocenters. The van der Waals surface area contributed by atoms with Crippen LogP contribution in [0.5, 0.6) is 0 Å². The lowest BCUT2D eigenvalue weighted by atomic mass is 9.53. The number of benzene rings is 1. The van der Waals surface area contributed by atoms with Gasteiger partial charge in [-0.15, -0.1) is 0 Å². The van der Waals surface area contributed by atoms with Gasteiger partial charge in [0.1, 0.15) is 18.0 Å². The van der Waals surface area contributed by atoms with E-state index in [0.29, 0.717) is 42.8 Å². The van der Waals surface area contributed by atoms with Gasteiger partial charge in [-0.2, -0.15) is 0 Å². The average Bonchev–Trinajstić information content (AvgIpc) is 3.78. The van der Waals surface area contributed by atoms with E-state index in [-0.39, 0.29) is 65.1 Å². The molecule has 0 amide bonds. The van der Waals surface area contributed by atoms with Gasteiger partial charge in [0, 0.05) is 99.8 Å². The van der Waals surface area contributed by atoms with Crippen molar-refractivity contribution < 1.29 is 48.0 Å². The van der Waals surface area contributed by atoms with Crippen molar-refractivity contribution in [1.29, 1.82) is 0 Å². The van der Waals surface area contributed by atoms with Gasteiger partial charge < -0.3 is 29.1 Å². The van der Waals surface area contributed by atoms with Crippen molar-refractivity contribution in [2.75, 3.05) is 44.2 Å². The topological polar surface area (TPSA) is 218 Å². The number of nitro benzene ring substituents is 1. The molecule has 1 aliphatic heterocycles. The number of esters is 2. The number of ketones is 2. The van der Waals surface area contributed by atoms with Crippen molar-refractivity contribution in [3.05, 3.63) is 81.0 Å². The highest BCUT2D eigenvalue weighted by Gasteiger charge is 2.64. The summed E-state index contributed by atoms with van der Waals surface area (Å²) in [5.74, 6) is -3.28. The number of nitro groups is 1. The van der Waals surface area contributed by atoms with E-state index in [1.165, 1.54) is 19.4 Å². The quantitative estimate of drug-likeness (QED) is 0.0866. The first kappa shape index (κ1) is 38.3. The number of non-ortho nitro benzene ring substituents is 1. The van der Waals surface area contributed by atoms with Gasteiger partial charge in [0.05, 0.1) is 28.2 Å². The molecule has 0 spiro atoms. The molecule has 4 aliphatic rings. The summed E-state index contributed by atoms with van der Waals surface area (Å²) >= 11 is 0. The Hall–Kier alpha value is -5.97. The standard InChI is InChI=1S/C39H42N6O11/c1-38-18-26(54-29(47)8-6-7-17-43(3)24-10-11-25(45(51)52)34-33(24)41-56-42-34)32-30(23(38)9-12-27(38)46)35(48)36(49)31-22(19-44(4)21-13-15-40-16-14-21)37(50)55-28(20-53-5)39(31,32)2/h10-11,13-16,19,23,26,28,49H,6-9,12,17-18,20H2,1-5H3/b22-19-. The number of aromatic nitrogens is 3. The first-order chi connectivity index (χ1) is 26.7. The van der Waals surface area contributed by atoms with Gasteiger partial charge in [-0.3, -0.25) is 29.5 Å². The molecular weight excluding hydrogens is 728 g/mol. The van der Waals surface area contributed by atoms with Crippen LogP contribution in [0.15, 0.2) is 75.5 Å². The lowest BCUT2D eigenvalue weighted by Crippen LogP contribution is -2.57. The molecular formula is C39H42N6O11. The number of allylic oxidation sites excluding steroid dienone is 1. The molecule has 1 saturated heterocycles. The van der Waals surface area contributed by atoms with Crippen LogP contribution in [-0.4, -0.2) is 95.4 Å². The number of fused-ring (bicyclic) bond motifs is 5. The van der Waals surface area contributed by atoms with E-state index >= 15 is 0 Å². The number of aliphatic hydroxyl groups excluding tert-OH is 1. The molecule has 56 heavy (non-hydrogen) atoms. The van der Waals surface area contributed by atoms with Gasteiger partial charge in [-0.1, -0.05) is 6.92 Å². The van der Waals surface area contributed by atoms with Crippen LogP contribution >= 0.6 is 0 Å². The number of hydrogen-bond acceptors (Lipinski definition) is 16. The Morgan fingerprint density at radius 1 is 1.11 bits per heavy atom. The summed E-state index contributed by atoms with van der Waals surface area (Å²) < 4.78 is 22.6. The molecule has 0 bridgehead atoms. The highest BCUT2D eigenvalue weighted by Crippen LogP contribution is 2.62. The zero-order valence-electron chi connectivity index (χ0n) is 31.6. The molecule has 17 heteroatoms. The molecule has 17 nitrogen and oxygen atoms in total. The van der Waals surface area contributed by atoms with E-state index in [4.69, 9.17) is 18.8 Å². The zero-order chi connectivity index (χ0) is 40.1. The van der Waals surface area contributed by atoms with Gasteiger partial charge in [0.15, 0.2) is 11.3 Å². The highest BCUT2D eigenvalue weighted by atomic mass is 16.6. The molecule has 2 aromatic heterocycles. The summed E-state index contributed by atoms with van der Waals surface area (Å²) in [4.78, 5) is 73.8. The molecule has 5 atom stereocenters. The van der Waals surface area contributed by atoms with Crippen LogP contribution in [0.25, 0.3) is 11.0 Å². The Kier molecular flexibility index (Phi) is 9.99. The van der Waals surface area contributed by atoms with E-state index < -0.39 is 57.4 Å². The van der Waals surface area contributed by atoms with Gasteiger partial charge in [0.25, 0.3) is 0 Å². The normalized spacial score (nSPS) is 26.6. The second kappa shape index (κ2) is 14.6. The highest BCUT2D eigenvalue weighted by molar-refractivity contribution is 6.14. The lowest BCUT2D eigenvalue weighted by Gasteiger charge is -2.53. The van der Waals surface area contributed by atoms with Crippen LogP contribution in [0, 0.1) is 26.9 Å². The molecule has 3 heterocycles. The van der Waals surface area contributed by atoms with E-state index in [0.717, 1.165) is 0 Å². The van der Waals surface area contributed by atoms with E-state index in [1.54, 1.807) is 63.4 Å². The number of rotatable bonds is 12. The summed E-state index contributed by atoms with van der Waals surface area (Å²) in [6, 6.07) is 6.36. The maximum absolute atomic E-state index is 14.5. The SMILES string of the molecule is COCC1OC(=O)/C(=C\N(C)c2ccncc2)C2=C(O)C(=O)C3=C(C(OC(=O)CCCCN(C)c4ccc([N+](=O)[O-])c5nonc45)CC4(C)C(=O)CCC34)C21C. The molecule has 294 valence electrons. The van der Waals surface area contributed by atoms with Crippen LogP contribution in [0.3, 0.4) is 0 Å².